The molecule has 1 fully saturated rings. The van der Waals surface area contributed by atoms with Gasteiger partial charge in [0.25, 0.3) is 5.91 Å². The van der Waals surface area contributed by atoms with Crippen molar-refractivity contribution in [3.8, 4) is 0 Å². The van der Waals surface area contributed by atoms with E-state index in [2.05, 4.69) is 5.10 Å². The average molecular weight is 757 g/mol. The Morgan fingerprint density at radius 3 is 2.16 bits per heavy atom. The van der Waals surface area contributed by atoms with Crippen LogP contribution in [0, 0.1) is 25.6 Å². The molecule has 51 heavy (non-hydrogen) atoms. The number of aryl methyl sites for hydroxylation is 1. The zero-order chi connectivity index (χ0) is 41.4. The molecule has 2 aliphatic heterocycles. The van der Waals surface area contributed by atoms with Crippen molar-refractivity contribution in [2.75, 3.05) is 20.8 Å². The summed E-state index contributed by atoms with van der Waals surface area (Å²) in [5.74, 6) is -2.59. The van der Waals surface area contributed by atoms with Gasteiger partial charge in [-0.15, -0.1) is 4.78 Å². The molecule has 1 saturated heterocycles. The molecule has 0 radical (unpaired) electrons. The van der Waals surface area contributed by atoms with Crippen molar-refractivity contribution in [1.82, 2.24) is 9.68 Å². The van der Waals surface area contributed by atoms with Crippen LogP contribution in [0.15, 0.2) is 35.4 Å². The molecule has 0 N–H and O–H groups in total. The lowest BCUT2D eigenvalue weighted by molar-refractivity contribution is -0.310. The van der Waals surface area contributed by atoms with Gasteiger partial charge in [-0.25, -0.2) is 8.96 Å². The number of hydrogen-bond acceptors (Lipinski definition) is 8. The lowest BCUT2D eigenvalue weighted by Crippen LogP contribution is -2.64. The number of amides is 1. The number of alkyl halides is 6. The standard InChI is InChI=1S/C34H43F7N3O6P/c1-18(2)32(8,26-14-22(33(36,37)38)15-27(20(26)4)34(39,40)41)50-30-29(25-12-11-23(35)13-19(25)3)43(31(6,7)21(5)49-30)17-24-16-28(45)44(42-24)51(46,47-9)48-10/h11-15,18,21,29-30H,16-17H2,1-10H3/t21?,29-,30+,32+/m0/s1/i21D,29D,30D. The summed E-state index contributed by atoms with van der Waals surface area (Å²) >= 11 is 0. The van der Waals surface area contributed by atoms with Crippen LogP contribution in [0.5, 0.6) is 0 Å². The predicted octanol–water partition coefficient (Wildman–Crippen LogP) is 8.92. The Balaban J connectivity index is 2.07. The van der Waals surface area contributed by atoms with Crippen molar-refractivity contribution in [2.24, 2.45) is 11.0 Å². The van der Waals surface area contributed by atoms with Crippen molar-refractivity contribution in [3.05, 3.63) is 69.5 Å². The third-order valence-electron chi connectivity index (χ3n) is 9.52. The smallest absolute Gasteiger partial charge is 0.346 e. The summed E-state index contributed by atoms with van der Waals surface area (Å²) in [6.07, 6.45) is -16.5. The van der Waals surface area contributed by atoms with E-state index in [0.717, 1.165) is 46.3 Å². The van der Waals surface area contributed by atoms with Gasteiger partial charge in [-0.2, -0.15) is 31.4 Å². The normalized spacial score (nSPS) is 28.4. The maximum atomic E-state index is 14.6. The van der Waals surface area contributed by atoms with Gasteiger partial charge in [-0.05, 0) is 94.0 Å². The van der Waals surface area contributed by atoms with Gasteiger partial charge in [0.2, 0.25) is 0 Å². The molecule has 2 aromatic rings. The molecular formula is C34H43F7N3O6P. The molecule has 0 aromatic heterocycles. The van der Waals surface area contributed by atoms with Gasteiger partial charge in [0, 0.05) is 26.3 Å². The second kappa shape index (κ2) is 14.2. The summed E-state index contributed by atoms with van der Waals surface area (Å²) in [4.78, 5) is 14.3. The summed E-state index contributed by atoms with van der Waals surface area (Å²) in [6, 6.07) is 0.854. The maximum Gasteiger partial charge on any atom is 0.457 e. The summed E-state index contributed by atoms with van der Waals surface area (Å²) in [5.41, 5.74) is -8.64. The van der Waals surface area contributed by atoms with Crippen LogP contribution in [0.1, 0.15) is 91.5 Å². The summed E-state index contributed by atoms with van der Waals surface area (Å²) in [5, 5.41) is 4.15. The number of hydrogen-bond donors (Lipinski definition) is 0. The van der Waals surface area contributed by atoms with Crippen molar-refractivity contribution in [2.45, 2.75) is 104 Å². The molecule has 17 heteroatoms. The SMILES string of the molecule is [2H]C1(C)O[C@]([2H])(O[C@@](C)(c2cc(C(F)(F)F)cc(C(F)(F)F)c2C)C(C)C)[C@]([2H])(c2ccc(F)cc2C)N(CC2=NN(P(=O)(OC)OC)C(=O)C2)C1(C)C. The highest BCUT2D eigenvalue weighted by atomic mass is 31.2. The fourth-order valence-corrected chi connectivity index (χ4v) is 6.95. The minimum Gasteiger partial charge on any atom is -0.346 e. The number of benzene rings is 2. The number of nitrogens with zero attached hydrogens (tertiary/aromatic N) is 3. The number of carbonyl (C=O) groups is 1. The van der Waals surface area contributed by atoms with E-state index in [1.54, 1.807) is 0 Å². The van der Waals surface area contributed by atoms with Crippen LogP contribution in [0.2, 0.25) is 0 Å². The zero-order valence-electron chi connectivity index (χ0n) is 32.8. The van der Waals surface area contributed by atoms with E-state index in [-0.39, 0.29) is 22.9 Å². The molecule has 2 heterocycles. The minimum atomic E-state index is -5.24. The predicted molar refractivity (Wildman–Crippen MR) is 174 cm³/mol. The van der Waals surface area contributed by atoms with Gasteiger partial charge in [-0.1, -0.05) is 19.9 Å². The highest BCUT2D eigenvalue weighted by Gasteiger charge is 2.53. The first-order valence-corrected chi connectivity index (χ1v) is 17.2. The minimum absolute atomic E-state index is 0.0200. The lowest BCUT2D eigenvalue weighted by atomic mass is 9.79. The number of rotatable bonds is 10. The van der Waals surface area contributed by atoms with E-state index in [1.165, 1.54) is 46.4 Å². The van der Waals surface area contributed by atoms with Gasteiger partial charge >= 0.3 is 20.1 Å². The fourth-order valence-electron chi connectivity index (χ4n) is 5.91. The van der Waals surface area contributed by atoms with E-state index >= 15 is 0 Å². The monoisotopic (exact) mass is 756 g/mol. The first-order valence-electron chi connectivity index (χ1n) is 17.2. The van der Waals surface area contributed by atoms with Crippen molar-refractivity contribution < 1.29 is 62.7 Å². The molecule has 9 nitrogen and oxygen atoms in total. The Bertz CT molecular complexity index is 1890. The Hall–Kier alpha value is -2.88. The van der Waals surface area contributed by atoms with Crippen LogP contribution in [0.3, 0.4) is 0 Å². The molecule has 4 rings (SSSR count). The van der Waals surface area contributed by atoms with Gasteiger partial charge in [0.1, 0.15) is 5.82 Å². The highest BCUT2D eigenvalue weighted by Crippen LogP contribution is 2.53. The zero-order valence-corrected chi connectivity index (χ0v) is 30.7. The van der Waals surface area contributed by atoms with Gasteiger partial charge in [0.05, 0.1) is 45.1 Å². The number of carbonyl (C=O) groups excluding carboxylic acids is 1. The number of hydrazone groups is 1. The Labute approximate surface area is 296 Å². The van der Waals surface area contributed by atoms with Crippen LogP contribution >= 0.6 is 7.75 Å². The fraction of sp³-hybridized carbons (Fsp3) is 0.588. The molecule has 284 valence electrons. The largest absolute Gasteiger partial charge is 0.457 e. The summed E-state index contributed by atoms with van der Waals surface area (Å²) < 4.78 is 166. The summed E-state index contributed by atoms with van der Waals surface area (Å²) in [7, 11) is -2.22. The molecule has 1 amide bonds. The van der Waals surface area contributed by atoms with Crippen LogP contribution < -0.4 is 0 Å². The van der Waals surface area contributed by atoms with Crippen LogP contribution in [-0.2, 0) is 45.8 Å². The molecule has 0 bridgehead atoms. The van der Waals surface area contributed by atoms with Gasteiger partial charge < -0.3 is 9.47 Å². The van der Waals surface area contributed by atoms with Crippen molar-refractivity contribution in [3.63, 3.8) is 0 Å². The first-order chi connectivity index (χ1) is 24.4. The van der Waals surface area contributed by atoms with Crippen molar-refractivity contribution >= 4 is 19.4 Å². The second-order valence-corrected chi connectivity index (χ2v) is 15.4. The highest BCUT2D eigenvalue weighted by molar-refractivity contribution is 7.52. The maximum absolute atomic E-state index is 14.6. The molecule has 2 aliphatic rings. The quantitative estimate of drug-likeness (QED) is 0.177. The number of morpholine rings is 1. The van der Waals surface area contributed by atoms with E-state index in [0.29, 0.717) is 10.8 Å². The molecule has 0 saturated carbocycles. The third-order valence-corrected chi connectivity index (χ3v) is 11.2. The van der Waals surface area contributed by atoms with Crippen LogP contribution in [0.4, 0.5) is 30.7 Å². The van der Waals surface area contributed by atoms with Crippen molar-refractivity contribution in [1.29, 1.82) is 0 Å². The molecule has 1 unspecified atom stereocenters. The third kappa shape index (κ3) is 7.77. The van der Waals surface area contributed by atoms with Crippen LogP contribution in [0.25, 0.3) is 0 Å². The topological polar surface area (TPSA) is 89.9 Å². The Morgan fingerprint density at radius 2 is 1.65 bits per heavy atom. The molecule has 0 aliphatic carbocycles. The Morgan fingerprint density at radius 1 is 1.06 bits per heavy atom. The summed E-state index contributed by atoms with van der Waals surface area (Å²) in [6.45, 7) is 9.95. The first kappa shape index (κ1) is 36.5. The Kier molecular flexibility index (Phi) is 10.1. The van der Waals surface area contributed by atoms with E-state index in [4.69, 9.17) is 18.5 Å². The molecule has 2 aromatic carbocycles. The number of halogens is 7. The molecule has 0 spiro atoms. The van der Waals surface area contributed by atoms with Gasteiger partial charge in [-0.3, -0.25) is 18.7 Å². The van der Waals surface area contributed by atoms with E-state index in [1.807, 2.05) is 0 Å². The lowest BCUT2D eigenvalue weighted by Gasteiger charge is -2.56. The number of ether oxygens (including phenoxy) is 2. The second-order valence-electron chi connectivity index (χ2n) is 13.3. The molecule has 4 atom stereocenters. The van der Waals surface area contributed by atoms with Gasteiger partial charge in [0.15, 0.2) is 6.27 Å². The van der Waals surface area contributed by atoms with E-state index in [9.17, 15) is 44.2 Å². The van der Waals surface area contributed by atoms with Crippen LogP contribution in [-0.4, -0.2) is 59.9 Å². The molecular weight excluding hydrogens is 710 g/mol. The van der Waals surface area contributed by atoms with E-state index < -0.39 is 102 Å². The average Bonchev–Trinajstić information content (AvgIpc) is 3.41.